The standard InChI is InChI=1S/C13H23N3/c1-3-5-10-16(11-6-4-2)13-9-7-8-12(14)15-13/h7-9H,3-6,10-11H2,1-2H3,(H2,14,15). The summed E-state index contributed by atoms with van der Waals surface area (Å²) in [6.07, 6.45) is 4.84. The van der Waals surface area contributed by atoms with Gasteiger partial charge in [0.2, 0.25) is 0 Å². The normalized spacial score (nSPS) is 10.4. The van der Waals surface area contributed by atoms with Crippen LogP contribution in [0.4, 0.5) is 11.6 Å². The second-order valence-electron chi connectivity index (χ2n) is 4.11. The predicted octanol–water partition coefficient (Wildman–Crippen LogP) is 3.07. The number of nitrogens with zero attached hydrogens (tertiary/aromatic N) is 2. The highest BCUT2D eigenvalue weighted by molar-refractivity contribution is 5.44. The smallest absolute Gasteiger partial charge is 0.130 e. The summed E-state index contributed by atoms with van der Waals surface area (Å²) in [5.74, 6) is 1.62. The van der Waals surface area contributed by atoms with E-state index in [-0.39, 0.29) is 0 Å². The van der Waals surface area contributed by atoms with Crippen LogP contribution in [0.25, 0.3) is 0 Å². The molecule has 0 radical (unpaired) electrons. The van der Waals surface area contributed by atoms with E-state index in [0.717, 1.165) is 18.9 Å². The number of rotatable bonds is 7. The van der Waals surface area contributed by atoms with Gasteiger partial charge in [0.05, 0.1) is 0 Å². The lowest BCUT2D eigenvalue weighted by Crippen LogP contribution is -2.26. The fourth-order valence-electron chi connectivity index (χ4n) is 1.65. The number of hydrogen-bond acceptors (Lipinski definition) is 3. The highest BCUT2D eigenvalue weighted by Gasteiger charge is 2.06. The summed E-state index contributed by atoms with van der Waals surface area (Å²) in [6.45, 7) is 6.58. The molecule has 0 aromatic carbocycles. The van der Waals surface area contributed by atoms with Crippen molar-refractivity contribution >= 4 is 11.6 Å². The SMILES string of the molecule is CCCCN(CCCC)c1cccc(N)n1. The molecule has 0 atom stereocenters. The third-order valence-corrected chi connectivity index (χ3v) is 2.64. The van der Waals surface area contributed by atoms with Gasteiger partial charge < -0.3 is 10.6 Å². The number of unbranched alkanes of at least 4 members (excludes halogenated alkanes) is 2. The topological polar surface area (TPSA) is 42.1 Å². The van der Waals surface area contributed by atoms with Crippen LogP contribution in [0.3, 0.4) is 0 Å². The molecular weight excluding hydrogens is 198 g/mol. The molecule has 0 amide bonds. The summed E-state index contributed by atoms with van der Waals surface area (Å²) in [4.78, 5) is 6.72. The van der Waals surface area contributed by atoms with Crippen LogP contribution in [0.15, 0.2) is 18.2 Å². The van der Waals surface area contributed by atoms with Crippen molar-refractivity contribution in [2.24, 2.45) is 0 Å². The minimum Gasteiger partial charge on any atom is -0.384 e. The molecule has 1 aromatic rings. The highest BCUT2D eigenvalue weighted by atomic mass is 15.2. The molecule has 0 saturated carbocycles. The van der Waals surface area contributed by atoms with Gasteiger partial charge in [0, 0.05) is 13.1 Å². The zero-order chi connectivity index (χ0) is 11.8. The molecule has 1 aromatic heterocycles. The van der Waals surface area contributed by atoms with Gasteiger partial charge in [-0.15, -0.1) is 0 Å². The van der Waals surface area contributed by atoms with Crippen molar-refractivity contribution in [3.63, 3.8) is 0 Å². The molecule has 2 N–H and O–H groups in total. The molecule has 0 fully saturated rings. The van der Waals surface area contributed by atoms with Gasteiger partial charge in [-0.3, -0.25) is 0 Å². The van der Waals surface area contributed by atoms with Gasteiger partial charge in [0.1, 0.15) is 11.6 Å². The van der Waals surface area contributed by atoms with Crippen LogP contribution >= 0.6 is 0 Å². The second-order valence-corrected chi connectivity index (χ2v) is 4.11. The van der Waals surface area contributed by atoms with E-state index in [1.807, 2.05) is 18.2 Å². The predicted molar refractivity (Wildman–Crippen MR) is 70.7 cm³/mol. The Labute approximate surface area is 98.7 Å². The monoisotopic (exact) mass is 221 g/mol. The van der Waals surface area contributed by atoms with Crippen LogP contribution < -0.4 is 10.6 Å². The quantitative estimate of drug-likeness (QED) is 0.769. The van der Waals surface area contributed by atoms with Crippen LogP contribution in [0.1, 0.15) is 39.5 Å². The molecule has 3 nitrogen and oxygen atoms in total. The lowest BCUT2D eigenvalue weighted by Gasteiger charge is -2.23. The number of anilines is 2. The maximum Gasteiger partial charge on any atom is 0.130 e. The number of aromatic nitrogens is 1. The van der Waals surface area contributed by atoms with Gasteiger partial charge in [-0.1, -0.05) is 32.8 Å². The average Bonchev–Trinajstić information content (AvgIpc) is 2.29. The Balaban J connectivity index is 2.66. The van der Waals surface area contributed by atoms with Crippen molar-refractivity contribution in [2.75, 3.05) is 23.7 Å². The first-order chi connectivity index (χ1) is 7.77. The van der Waals surface area contributed by atoms with E-state index in [1.165, 1.54) is 25.7 Å². The van der Waals surface area contributed by atoms with Gasteiger partial charge >= 0.3 is 0 Å². The van der Waals surface area contributed by atoms with Crippen molar-refractivity contribution in [3.05, 3.63) is 18.2 Å². The van der Waals surface area contributed by atoms with Crippen molar-refractivity contribution < 1.29 is 0 Å². The van der Waals surface area contributed by atoms with E-state index >= 15 is 0 Å². The van der Waals surface area contributed by atoms with Crippen molar-refractivity contribution in [1.29, 1.82) is 0 Å². The minimum atomic E-state index is 0.607. The van der Waals surface area contributed by atoms with Crippen molar-refractivity contribution in [3.8, 4) is 0 Å². The minimum absolute atomic E-state index is 0.607. The molecule has 1 heterocycles. The first-order valence-electron chi connectivity index (χ1n) is 6.25. The molecule has 0 aliphatic heterocycles. The summed E-state index contributed by atoms with van der Waals surface area (Å²) >= 11 is 0. The molecule has 1 rings (SSSR count). The van der Waals surface area contributed by atoms with Crippen LogP contribution in [0.5, 0.6) is 0 Å². The van der Waals surface area contributed by atoms with E-state index in [4.69, 9.17) is 5.73 Å². The molecule has 0 unspecified atom stereocenters. The molecule has 3 heteroatoms. The molecule has 90 valence electrons. The fourth-order valence-corrected chi connectivity index (χ4v) is 1.65. The summed E-state index contributed by atoms with van der Waals surface area (Å²) in [5, 5.41) is 0. The van der Waals surface area contributed by atoms with E-state index < -0.39 is 0 Å². The van der Waals surface area contributed by atoms with Crippen LogP contribution in [-0.2, 0) is 0 Å². The van der Waals surface area contributed by atoms with Crippen LogP contribution in [0.2, 0.25) is 0 Å². The highest BCUT2D eigenvalue weighted by Crippen LogP contribution is 2.14. The first-order valence-corrected chi connectivity index (χ1v) is 6.25. The molecule has 16 heavy (non-hydrogen) atoms. The third-order valence-electron chi connectivity index (χ3n) is 2.64. The third kappa shape index (κ3) is 4.09. The molecule has 0 saturated heterocycles. The van der Waals surface area contributed by atoms with Gasteiger partial charge in [-0.2, -0.15) is 0 Å². The van der Waals surface area contributed by atoms with E-state index in [9.17, 15) is 0 Å². The van der Waals surface area contributed by atoms with Crippen molar-refractivity contribution in [2.45, 2.75) is 39.5 Å². The Bertz CT molecular complexity index is 291. The number of nitrogens with two attached hydrogens (primary N) is 1. The van der Waals surface area contributed by atoms with E-state index in [1.54, 1.807) is 0 Å². The number of nitrogen functional groups attached to an aromatic ring is 1. The van der Waals surface area contributed by atoms with Gasteiger partial charge in [0.25, 0.3) is 0 Å². The van der Waals surface area contributed by atoms with Crippen LogP contribution in [-0.4, -0.2) is 18.1 Å². The van der Waals surface area contributed by atoms with Gasteiger partial charge in [-0.25, -0.2) is 4.98 Å². The lowest BCUT2D eigenvalue weighted by atomic mass is 10.2. The van der Waals surface area contributed by atoms with Crippen molar-refractivity contribution in [1.82, 2.24) is 4.98 Å². The fraction of sp³-hybridized carbons (Fsp3) is 0.615. The van der Waals surface area contributed by atoms with E-state index in [0.29, 0.717) is 5.82 Å². The Morgan fingerprint density at radius 1 is 1.12 bits per heavy atom. The lowest BCUT2D eigenvalue weighted by molar-refractivity contribution is 0.672. The molecular formula is C13H23N3. The Morgan fingerprint density at radius 2 is 1.75 bits per heavy atom. The zero-order valence-electron chi connectivity index (χ0n) is 10.4. The summed E-state index contributed by atoms with van der Waals surface area (Å²) in [6, 6.07) is 5.85. The molecule has 0 bridgehead atoms. The Morgan fingerprint density at radius 3 is 2.25 bits per heavy atom. The molecule has 0 aliphatic carbocycles. The number of pyridine rings is 1. The maximum atomic E-state index is 5.72. The average molecular weight is 221 g/mol. The summed E-state index contributed by atoms with van der Waals surface area (Å²) in [5.41, 5.74) is 5.72. The maximum absolute atomic E-state index is 5.72. The largest absolute Gasteiger partial charge is 0.384 e. The summed E-state index contributed by atoms with van der Waals surface area (Å²) in [7, 11) is 0. The second kappa shape index (κ2) is 7.09. The van der Waals surface area contributed by atoms with E-state index in [2.05, 4.69) is 23.7 Å². The summed E-state index contributed by atoms with van der Waals surface area (Å²) < 4.78 is 0. The molecule has 0 aliphatic rings. The van der Waals surface area contributed by atoms with Crippen LogP contribution in [0, 0.1) is 0 Å². The Kier molecular flexibility index (Phi) is 5.68. The molecule has 0 spiro atoms. The first kappa shape index (κ1) is 12.8. The number of hydrogen-bond donors (Lipinski definition) is 1. The van der Waals surface area contributed by atoms with Gasteiger partial charge in [-0.05, 0) is 25.0 Å². The van der Waals surface area contributed by atoms with Gasteiger partial charge in [0.15, 0.2) is 0 Å². The Hall–Kier alpha value is -1.25. The zero-order valence-corrected chi connectivity index (χ0v) is 10.4.